The molecule has 0 atom stereocenters. The van der Waals surface area contributed by atoms with Crippen LogP contribution in [0.4, 0.5) is 5.69 Å². The van der Waals surface area contributed by atoms with E-state index in [2.05, 4.69) is 16.4 Å². The molecule has 4 heteroatoms. The van der Waals surface area contributed by atoms with Gasteiger partial charge in [0.05, 0.1) is 23.6 Å². The molecule has 3 rings (SSSR count). The average Bonchev–Trinajstić information content (AvgIpc) is 2.98. The van der Waals surface area contributed by atoms with E-state index in [1.54, 1.807) is 18.2 Å². The van der Waals surface area contributed by atoms with Gasteiger partial charge in [0.25, 0.3) is 5.91 Å². The van der Waals surface area contributed by atoms with Gasteiger partial charge in [-0.2, -0.15) is 5.26 Å². The second-order valence-corrected chi connectivity index (χ2v) is 4.73. The first-order valence-corrected chi connectivity index (χ1v) is 6.61. The van der Waals surface area contributed by atoms with Crippen LogP contribution in [0.3, 0.4) is 0 Å². The number of nitrogens with zero attached hydrogens (tertiary/aromatic N) is 1. The van der Waals surface area contributed by atoms with E-state index in [1.807, 2.05) is 36.5 Å². The van der Waals surface area contributed by atoms with Gasteiger partial charge in [0.1, 0.15) is 0 Å². The normalized spacial score (nSPS) is 10.2. The van der Waals surface area contributed by atoms with Crippen molar-refractivity contribution < 1.29 is 4.79 Å². The van der Waals surface area contributed by atoms with Gasteiger partial charge in [-0.15, -0.1) is 0 Å². The number of anilines is 1. The molecule has 4 nitrogen and oxygen atoms in total. The first-order chi connectivity index (χ1) is 10.3. The third kappa shape index (κ3) is 2.63. The topological polar surface area (TPSA) is 68.7 Å². The van der Waals surface area contributed by atoms with Crippen LogP contribution < -0.4 is 5.32 Å². The van der Waals surface area contributed by atoms with Crippen LogP contribution in [-0.4, -0.2) is 10.9 Å². The van der Waals surface area contributed by atoms with Gasteiger partial charge in [-0.1, -0.05) is 24.3 Å². The minimum Gasteiger partial charge on any atom is -0.361 e. The fraction of sp³-hybridized carbons (Fsp3) is 0.0588. The monoisotopic (exact) mass is 275 g/mol. The van der Waals surface area contributed by atoms with Crippen molar-refractivity contribution in [2.75, 3.05) is 5.32 Å². The van der Waals surface area contributed by atoms with E-state index in [9.17, 15) is 4.79 Å². The summed E-state index contributed by atoms with van der Waals surface area (Å²) in [5, 5.41) is 12.5. The van der Waals surface area contributed by atoms with Gasteiger partial charge >= 0.3 is 0 Å². The maximum Gasteiger partial charge on any atom is 0.257 e. The van der Waals surface area contributed by atoms with E-state index in [1.165, 1.54) is 0 Å². The Morgan fingerprint density at radius 3 is 2.71 bits per heavy atom. The average molecular weight is 275 g/mol. The smallest absolute Gasteiger partial charge is 0.257 e. The molecule has 0 bridgehead atoms. The Kier molecular flexibility index (Phi) is 3.40. The Labute approximate surface area is 122 Å². The third-order valence-corrected chi connectivity index (χ3v) is 3.33. The van der Waals surface area contributed by atoms with Crippen LogP contribution in [0.2, 0.25) is 0 Å². The van der Waals surface area contributed by atoms with Crippen LogP contribution in [0.5, 0.6) is 0 Å². The molecule has 102 valence electrons. The summed E-state index contributed by atoms with van der Waals surface area (Å²) in [6.45, 7) is 0. The Bertz CT molecular complexity index is 825. The molecule has 0 saturated carbocycles. The fourth-order valence-corrected chi connectivity index (χ4v) is 2.27. The van der Waals surface area contributed by atoms with Crippen molar-refractivity contribution in [3.05, 3.63) is 65.9 Å². The number of hydrogen-bond donors (Lipinski definition) is 2. The number of hydrogen-bond acceptors (Lipinski definition) is 2. The van der Waals surface area contributed by atoms with Crippen molar-refractivity contribution in [1.82, 2.24) is 4.98 Å². The quantitative estimate of drug-likeness (QED) is 0.768. The summed E-state index contributed by atoms with van der Waals surface area (Å²) in [6, 6.07) is 16.9. The van der Waals surface area contributed by atoms with Crippen molar-refractivity contribution in [3.63, 3.8) is 0 Å². The number of carbonyl (C=O) groups excluding carboxylic acids is 1. The molecular weight excluding hydrogens is 262 g/mol. The number of aromatic nitrogens is 1. The number of aromatic amines is 1. The second-order valence-electron chi connectivity index (χ2n) is 4.73. The molecule has 1 aromatic heterocycles. The molecule has 2 N–H and O–H groups in total. The molecule has 0 aliphatic heterocycles. The standard InChI is InChI=1S/C17H13N3O/c18-10-8-12-4-6-14(7-5-12)20-17(21)15-3-1-2-13-9-11-19-16(13)15/h1-7,9,11,19H,8H2,(H,20,21). The van der Waals surface area contributed by atoms with Crippen LogP contribution in [0.15, 0.2) is 54.7 Å². The van der Waals surface area contributed by atoms with E-state index in [-0.39, 0.29) is 5.91 Å². The molecule has 0 fully saturated rings. The summed E-state index contributed by atoms with van der Waals surface area (Å²) >= 11 is 0. The van der Waals surface area contributed by atoms with Gasteiger partial charge in [0.15, 0.2) is 0 Å². The number of rotatable bonds is 3. The number of nitriles is 1. The van der Waals surface area contributed by atoms with Crippen molar-refractivity contribution >= 4 is 22.5 Å². The maximum absolute atomic E-state index is 12.4. The summed E-state index contributed by atoms with van der Waals surface area (Å²) in [5.74, 6) is -0.156. The fourth-order valence-electron chi connectivity index (χ4n) is 2.27. The summed E-state index contributed by atoms with van der Waals surface area (Å²) in [5.41, 5.74) is 3.09. The molecule has 0 spiro atoms. The number of para-hydroxylation sites is 1. The number of amides is 1. The molecule has 1 amide bonds. The van der Waals surface area contributed by atoms with Crippen molar-refractivity contribution in [3.8, 4) is 6.07 Å². The Morgan fingerprint density at radius 1 is 1.14 bits per heavy atom. The molecule has 2 aromatic carbocycles. The van der Waals surface area contributed by atoms with Gasteiger partial charge in [-0.25, -0.2) is 0 Å². The van der Waals surface area contributed by atoms with Gasteiger partial charge in [-0.05, 0) is 29.8 Å². The first kappa shape index (κ1) is 12.9. The number of nitrogens with one attached hydrogen (secondary N) is 2. The zero-order valence-electron chi connectivity index (χ0n) is 11.3. The summed E-state index contributed by atoms with van der Waals surface area (Å²) in [6.07, 6.45) is 2.19. The molecule has 0 radical (unpaired) electrons. The Balaban J connectivity index is 1.83. The number of benzene rings is 2. The number of fused-ring (bicyclic) bond motifs is 1. The van der Waals surface area contributed by atoms with Crippen LogP contribution in [0, 0.1) is 11.3 Å². The van der Waals surface area contributed by atoms with E-state index < -0.39 is 0 Å². The lowest BCUT2D eigenvalue weighted by Gasteiger charge is -2.07. The van der Waals surface area contributed by atoms with Gasteiger partial charge in [-0.3, -0.25) is 4.79 Å². The van der Waals surface area contributed by atoms with Gasteiger partial charge in [0, 0.05) is 17.3 Å². The highest BCUT2D eigenvalue weighted by molar-refractivity contribution is 6.11. The number of H-pyrrole nitrogens is 1. The van der Waals surface area contributed by atoms with E-state index in [0.29, 0.717) is 17.7 Å². The van der Waals surface area contributed by atoms with E-state index in [4.69, 9.17) is 5.26 Å². The van der Waals surface area contributed by atoms with Gasteiger partial charge < -0.3 is 10.3 Å². The lowest BCUT2D eigenvalue weighted by Crippen LogP contribution is -2.12. The molecule has 3 aromatic rings. The zero-order valence-corrected chi connectivity index (χ0v) is 11.3. The molecule has 0 aliphatic carbocycles. The molecular formula is C17H13N3O. The van der Waals surface area contributed by atoms with Crippen LogP contribution in [0.1, 0.15) is 15.9 Å². The predicted molar refractivity (Wildman–Crippen MR) is 82.0 cm³/mol. The van der Waals surface area contributed by atoms with E-state index in [0.717, 1.165) is 16.5 Å². The Hall–Kier alpha value is -3.06. The lowest BCUT2D eigenvalue weighted by atomic mass is 10.1. The van der Waals surface area contributed by atoms with Crippen molar-refractivity contribution in [1.29, 1.82) is 5.26 Å². The third-order valence-electron chi connectivity index (χ3n) is 3.33. The number of carbonyl (C=O) groups is 1. The molecule has 0 unspecified atom stereocenters. The van der Waals surface area contributed by atoms with Crippen molar-refractivity contribution in [2.24, 2.45) is 0 Å². The van der Waals surface area contributed by atoms with E-state index >= 15 is 0 Å². The zero-order chi connectivity index (χ0) is 14.7. The summed E-state index contributed by atoms with van der Waals surface area (Å²) in [7, 11) is 0. The van der Waals surface area contributed by atoms with Crippen molar-refractivity contribution in [2.45, 2.75) is 6.42 Å². The van der Waals surface area contributed by atoms with Gasteiger partial charge in [0.2, 0.25) is 0 Å². The highest BCUT2D eigenvalue weighted by Crippen LogP contribution is 2.18. The van der Waals surface area contributed by atoms with Crippen LogP contribution in [-0.2, 0) is 6.42 Å². The minimum atomic E-state index is -0.156. The summed E-state index contributed by atoms with van der Waals surface area (Å²) < 4.78 is 0. The van der Waals surface area contributed by atoms with Crippen LogP contribution >= 0.6 is 0 Å². The lowest BCUT2D eigenvalue weighted by molar-refractivity contribution is 0.102. The minimum absolute atomic E-state index is 0.156. The first-order valence-electron chi connectivity index (χ1n) is 6.61. The Morgan fingerprint density at radius 2 is 1.95 bits per heavy atom. The highest BCUT2D eigenvalue weighted by Gasteiger charge is 2.10. The molecule has 1 heterocycles. The molecule has 0 saturated heterocycles. The SMILES string of the molecule is N#CCc1ccc(NC(=O)c2cccc3cc[nH]c23)cc1. The predicted octanol–water partition coefficient (Wildman–Crippen LogP) is 3.49. The molecule has 0 aliphatic rings. The maximum atomic E-state index is 12.4. The van der Waals surface area contributed by atoms with Crippen LogP contribution in [0.25, 0.3) is 10.9 Å². The molecule has 21 heavy (non-hydrogen) atoms. The largest absolute Gasteiger partial charge is 0.361 e. The summed E-state index contributed by atoms with van der Waals surface area (Å²) in [4.78, 5) is 15.4. The second kappa shape index (κ2) is 5.51. The highest BCUT2D eigenvalue weighted by atomic mass is 16.1.